The topological polar surface area (TPSA) is 97.1 Å². The molecule has 4 N–H and O–H groups in total. The zero-order valence-electron chi connectivity index (χ0n) is 9.77. The van der Waals surface area contributed by atoms with Crippen LogP contribution < -0.4 is 16.6 Å². The minimum Gasteiger partial charge on any atom is -0.350 e. The summed E-state index contributed by atoms with van der Waals surface area (Å²) in [4.78, 5) is 15.7. The molecule has 0 aliphatic rings. The number of anilines is 1. The summed E-state index contributed by atoms with van der Waals surface area (Å²) in [5.41, 5.74) is 2.64. The Hall–Kier alpha value is -1.47. The highest BCUT2D eigenvalue weighted by Gasteiger charge is 2.11. The molecule has 7 heteroatoms. The number of nitrogens with zero attached hydrogens (tertiary/aromatic N) is 1. The van der Waals surface area contributed by atoms with E-state index in [-0.39, 0.29) is 16.9 Å². The van der Waals surface area contributed by atoms with Crippen molar-refractivity contribution in [1.82, 2.24) is 10.3 Å². The van der Waals surface area contributed by atoms with Gasteiger partial charge in [-0.3, -0.25) is 9.00 Å². The molecular formula is C10H16N4O2S. The number of nitrogen functional groups attached to an aromatic ring is 1. The number of rotatable bonds is 5. The first-order valence-corrected chi connectivity index (χ1v) is 6.71. The predicted octanol–water partition coefficient (Wildman–Crippen LogP) is -0.136. The number of carbonyl (C=O) groups excluding carboxylic acids is 1. The van der Waals surface area contributed by atoms with E-state index in [1.54, 1.807) is 24.5 Å². The Bertz CT molecular complexity index is 425. The first-order chi connectivity index (χ1) is 8.04. The van der Waals surface area contributed by atoms with Crippen LogP contribution in [0.25, 0.3) is 0 Å². The fourth-order valence-corrected chi connectivity index (χ4v) is 1.40. The van der Waals surface area contributed by atoms with Crippen LogP contribution in [0.5, 0.6) is 0 Å². The molecule has 0 aliphatic heterocycles. The average Bonchev–Trinajstić information content (AvgIpc) is 2.35. The van der Waals surface area contributed by atoms with E-state index in [1.165, 1.54) is 0 Å². The smallest absolute Gasteiger partial charge is 0.270 e. The maximum atomic E-state index is 11.7. The number of hydrogen-bond acceptors (Lipinski definition) is 5. The number of pyridine rings is 1. The second-order valence-electron chi connectivity index (χ2n) is 3.57. The Morgan fingerprint density at radius 1 is 1.59 bits per heavy atom. The van der Waals surface area contributed by atoms with Crippen LogP contribution in [0, 0.1) is 0 Å². The van der Waals surface area contributed by atoms with Crippen LogP contribution in [-0.4, -0.2) is 33.2 Å². The second kappa shape index (κ2) is 6.31. The Morgan fingerprint density at radius 2 is 2.29 bits per heavy atom. The number of amides is 1. The van der Waals surface area contributed by atoms with Crippen LogP contribution in [0.2, 0.25) is 0 Å². The monoisotopic (exact) mass is 256 g/mol. The van der Waals surface area contributed by atoms with Crippen LogP contribution in [0.1, 0.15) is 17.4 Å². The molecule has 0 saturated carbocycles. The fourth-order valence-electron chi connectivity index (χ4n) is 1.09. The van der Waals surface area contributed by atoms with Crippen molar-refractivity contribution in [3.05, 3.63) is 23.9 Å². The molecule has 1 rings (SSSR count). The van der Waals surface area contributed by atoms with E-state index in [4.69, 9.17) is 5.84 Å². The van der Waals surface area contributed by atoms with E-state index in [0.717, 1.165) is 0 Å². The van der Waals surface area contributed by atoms with Gasteiger partial charge in [-0.1, -0.05) is 6.07 Å². The third-order valence-electron chi connectivity index (χ3n) is 2.25. The molecular weight excluding hydrogens is 240 g/mol. The van der Waals surface area contributed by atoms with Gasteiger partial charge in [-0.15, -0.1) is 0 Å². The van der Waals surface area contributed by atoms with Crippen molar-refractivity contribution in [2.75, 3.05) is 18.2 Å². The highest BCUT2D eigenvalue weighted by molar-refractivity contribution is 7.84. The number of hydrazine groups is 1. The van der Waals surface area contributed by atoms with E-state index in [2.05, 4.69) is 15.7 Å². The minimum atomic E-state index is -0.957. The van der Waals surface area contributed by atoms with E-state index in [0.29, 0.717) is 12.4 Å². The molecule has 94 valence electrons. The van der Waals surface area contributed by atoms with Crippen molar-refractivity contribution in [2.24, 2.45) is 5.84 Å². The summed E-state index contributed by atoms with van der Waals surface area (Å²) >= 11 is 0. The first-order valence-electron chi connectivity index (χ1n) is 5.08. The molecule has 1 heterocycles. The minimum absolute atomic E-state index is 0.0882. The maximum Gasteiger partial charge on any atom is 0.270 e. The maximum absolute atomic E-state index is 11.7. The summed E-state index contributed by atoms with van der Waals surface area (Å²) in [5.74, 6) is 5.31. The van der Waals surface area contributed by atoms with E-state index in [9.17, 15) is 9.00 Å². The van der Waals surface area contributed by atoms with Crippen molar-refractivity contribution in [3.63, 3.8) is 0 Å². The van der Waals surface area contributed by atoms with Gasteiger partial charge in [0, 0.05) is 28.9 Å². The Morgan fingerprint density at radius 3 is 2.88 bits per heavy atom. The van der Waals surface area contributed by atoms with Crippen molar-refractivity contribution in [2.45, 2.75) is 12.2 Å². The number of nitrogens with one attached hydrogen (secondary N) is 2. The molecule has 1 aromatic rings. The largest absolute Gasteiger partial charge is 0.350 e. The molecule has 2 unspecified atom stereocenters. The van der Waals surface area contributed by atoms with Crippen molar-refractivity contribution in [3.8, 4) is 0 Å². The van der Waals surface area contributed by atoms with Gasteiger partial charge in [0.1, 0.15) is 11.5 Å². The van der Waals surface area contributed by atoms with Crippen LogP contribution in [0.15, 0.2) is 18.2 Å². The summed E-state index contributed by atoms with van der Waals surface area (Å²) in [6, 6.07) is 4.92. The van der Waals surface area contributed by atoms with Gasteiger partial charge in [0.05, 0.1) is 0 Å². The van der Waals surface area contributed by atoms with Gasteiger partial charge in [-0.2, -0.15) is 0 Å². The Kier molecular flexibility index (Phi) is 5.05. The number of aromatic nitrogens is 1. The molecule has 1 aromatic heterocycles. The van der Waals surface area contributed by atoms with Gasteiger partial charge in [0.2, 0.25) is 0 Å². The fraction of sp³-hybridized carbons (Fsp3) is 0.400. The molecule has 0 aromatic carbocycles. The summed E-state index contributed by atoms with van der Waals surface area (Å²) < 4.78 is 11.1. The third kappa shape index (κ3) is 4.12. The number of hydrogen-bond donors (Lipinski definition) is 3. The van der Waals surface area contributed by atoms with Crippen LogP contribution in [0.3, 0.4) is 0 Å². The lowest BCUT2D eigenvalue weighted by Gasteiger charge is -2.09. The lowest BCUT2D eigenvalue weighted by Crippen LogP contribution is -2.33. The van der Waals surface area contributed by atoms with Crippen LogP contribution in [-0.2, 0) is 10.8 Å². The van der Waals surface area contributed by atoms with Crippen molar-refractivity contribution >= 4 is 22.5 Å². The summed E-state index contributed by atoms with van der Waals surface area (Å²) in [5, 5.41) is 2.58. The summed E-state index contributed by atoms with van der Waals surface area (Å²) in [6.45, 7) is 2.16. The Balaban J connectivity index is 2.60. The molecule has 0 saturated heterocycles. The average molecular weight is 256 g/mol. The van der Waals surface area contributed by atoms with E-state index in [1.807, 2.05) is 6.92 Å². The first kappa shape index (κ1) is 13.6. The molecule has 0 radical (unpaired) electrons. The van der Waals surface area contributed by atoms with Crippen molar-refractivity contribution < 1.29 is 9.00 Å². The Labute approximate surface area is 102 Å². The van der Waals surface area contributed by atoms with Gasteiger partial charge >= 0.3 is 0 Å². The van der Waals surface area contributed by atoms with Crippen molar-refractivity contribution in [1.29, 1.82) is 0 Å². The third-order valence-corrected chi connectivity index (χ3v) is 3.55. The molecule has 0 aliphatic carbocycles. The zero-order chi connectivity index (χ0) is 12.8. The molecule has 2 atom stereocenters. The molecule has 0 bridgehead atoms. The lowest BCUT2D eigenvalue weighted by molar-refractivity contribution is 0.0949. The lowest BCUT2D eigenvalue weighted by atomic mass is 10.3. The number of nitrogens with two attached hydrogens (primary N) is 1. The van der Waals surface area contributed by atoms with Gasteiger partial charge in [-0.25, -0.2) is 10.8 Å². The van der Waals surface area contributed by atoms with Gasteiger partial charge in [0.25, 0.3) is 5.91 Å². The van der Waals surface area contributed by atoms with Crippen LogP contribution >= 0.6 is 0 Å². The van der Waals surface area contributed by atoms with Gasteiger partial charge in [-0.05, 0) is 19.1 Å². The van der Waals surface area contributed by atoms with Gasteiger partial charge in [0.15, 0.2) is 0 Å². The van der Waals surface area contributed by atoms with Gasteiger partial charge < -0.3 is 10.7 Å². The molecule has 6 nitrogen and oxygen atoms in total. The summed E-state index contributed by atoms with van der Waals surface area (Å²) in [6.07, 6.45) is 1.61. The SMILES string of the molecule is CC(CNC(=O)c1cccc(NN)n1)S(C)=O. The highest BCUT2D eigenvalue weighted by atomic mass is 32.2. The van der Waals surface area contributed by atoms with E-state index < -0.39 is 10.8 Å². The number of carbonyl (C=O) groups is 1. The van der Waals surface area contributed by atoms with Crippen LogP contribution in [0.4, 0.5) is 5.82 Å². The standard InChI is InChI=1S/C10H16N4O2S/c1-7(17(2)16)6-12-10(15)8-4-3-5-9(13-8)14-11/h3-5,7H,6,11H2,1-2H3,(H,12,15)(H,13,14). The van der Waals surface area contributed by atoms with E-state index >= 15 is 0 Å². The molecule has 0 fully saturated rings. The zero-order valence-corrected chi connectivity index (χ0v) is 10.6. The highest BCUT2D eigenvalue weighted by Crippen LogP contribution is 2.03. The normalized spacial score (nSPS) is 13.8. The molecule has 17 heavy (non-hydrogen) atoms. The predicted molar refractivity (Wildman–Crippen MR) is 67.9 cm³/mol. The molecule has 0 spiro atoms. The summed E-state index contributed by atoms with van der Waals surface area (Å²) in [7, 11) is -0.957. The molecule has 1 amide bonds. The second-order valence-corrected chi connectivity index (χ2v) is 5.37. The quantitative estimate of drug-likeness (QED) is 0.503.